The van der Waals surface area contributed by atoms with Crippen molar-refractivity contribution >= 4 is 11.9 Å². The lowest BCUT2D eigenvalue weighted by Gasteiger charge is -2.31. The largest absolute Gasteiger partial charge is 0.481 e. The molecule has 2 N–H and O–H groups in total. The summed E-state index contributed by atoms with van der Waals surface area (Å²) in [7, 11) is 0. The number of nitrogens with one attached hydrogen (secondary N) is 1. The minimum atomic E-state index is -4.34. The van der Waals surface area contributed by atoms with Crippen molar-refractivity contribution in [3.8, 4) is 0 Å². The number of aliphatic carboxylic acids is 1. The van der Waals surface area contributed by atoms with E-state index in [0.717, 1.165) is 0 Å². The predicted molar refractivity (Wildman–Crippen MR) is 61.4 cm³/mol. The normalized spacial score (nSPS) is 23.9. The number of rotatable bonds is 5. The maximum Gasteiger partial charge on any atom is 0.392 e. The van der Waals surface area contributed by atoms with Gasteiger partial charge in [-0.05, 0) is 19.3 Å². The van der Waals surface area contributed by atoms with Crippen LogP contribution < -0.4 is 5.32 Å². The van der Waals surface area contributed by atoms with Crippen LogP contribution in [0.15, 0.2) is 0 Å². The summed E-state index contributed by atoms with van der Waals surface area (Å²) in [6.45, 7) is 0.103. The third-order valence-corrected chi connectivity index (χ3v) is 3.39. The van der Waals surface area contributed by atoms with Gasteiger partial charge in [0.1, 0.15) is 0 Å². The van der Waals surface area contributed by atoms with E-state index < -0.39 is 29.9 Å². The number of amides is 1. The fraction of sp³-hybridized carbons (Fsp3) is 0.833. The topological polar surface area (TPSA) is 66.4 Å². The number of carboxylic acids is 1. The Morgan fingerprint density at radius 3 is 2.42 bits per heavy atom. The number of hydrogen-bond donors (Lipinski definition) is 2. The molecule has 0 aromatic rings. The quantitative estimate of drug-likeness (QED) is 0.760. The first kappa shape index (κ1) is 15.8. The highest BCUT2D eigenvalue weighted by molar-refractivity contribution is 5.79. The smallest absolute Gasteiger partial charge is 0.392 e. The SMILES string of the molecule is O=C(O)CCCNC(=O)[C@H]1CCCC[C@@H]1C(F)(F)F. The second kappa shape index (κ2) is 6.77. The standard InChI is InChI=1S/C12H18F3NO3/c13-12(14,15)9-5-2-1-4-8(9)11(19)16-7-3-6-10(17)18/h8-9H,1-7H2,(H,16,19)(H,17,18)/t8-,9-/m0/s1. The summed E-state index contributed by atoms with van der Waals surface area (Å²) in [5.41, 5.74) is 0. The molecular weight excluding hydrogens is 263 g/mol. The van der Waals surface area contributed by atoms with Gasteiger partial charge < -0.3 is 10.4 Å². The van der Waals surface area contributed by atoms with Crippen LogP contribution in [-0.4, -0.2) is 29.7 Å². The van der Waals surface area contributed by atoms with Crippen molar-refractivity contribution in [1.82, 2.24) is 5.32 Å². The number of carboxylic acid groups (broad SMARTS) is 1. The van der Waals surface area contributed by atoms with Gasteiger partial charge in [0.05, 0.1) is 5.92 Å². The summed E-state index contributed by atoms with van der Waals surface area (Å²) in [6, 6.07) is 0. The predicted octanol–water partition coefficient (Wildman–Crippen LogP) is 2.34. The molecule has 1 aliphatic rings. The fourth-order valence-corrected chi connectivity index (χ4v) is 2.42. The molecule has 0 radical (unpaired) electrons. The summed E-state index contributed by atoms with van der Waals surface area (Å²) in [6.07, 6.45) is -2.86. The van der Waals surface area contributed by atoms with Crippen LogP contribution in [-0.2, 0) is 9.59 Å². The van der Waals surface area contributed by atoms with E-state index in [4.69, 9.17) is 5.11 Å². The van der Waals surface area contributed by atoms with E-state index in [1.807, 2.05) is 0 Å². The minimum Gasteiger partial charge on any atom is -0.481 e. The summed E-state index contributed by atoms with van der Waals surface area (Å²) >= 11 is 0. The Labute approximate surface area is 109 Å². The van der Waals surface area contributed by atoms with Crippen molar-refractivity contribution in [1.29, 1.82) is 0 Å². The molecule has 7 heteroatoms. The number of carbonyl (C=O) groups excluding carboxylic acids is 1. The summed E-state index contributed by atoms with van der Waals surface area (Å²) in [4.78, 5) is 22.0. The molecule has 19 heavy (non-hydrogen) atoms. The maximum atomic E-state index is 12.8. The first-order valence-corrected chi connectivity index (χ1v) is 6.38. The summed E-state index contributed by atoms with van der Waals surface area (Å²) < 4.78 is 38.4. The fourth-order valence-electron chi connectivity index (χ4n) is 2.42. The monoisotopic (exact) mass is 281 g/mol. The van der Waals surface area contributed by atoms with Gasteiger partial charge in [-0.1, -0.05) is 12.8 Å². The Kier molecular flexibility index (Phi) is 5.62. The Bertz CT molecular complexity index is 331. The highest BCUT2D eigenvalue weighted by Crippen LogP contribution is 2.41. The van der Waals surface area contributed by atoms with E-state index in [9.17, 15) is 22.8 Å². The zero-order valence-electron chi connectivity index (χ0n) is 10.5. The first-order chi connectivity index (χ1) is 8.82. The van der Waals surface area contributed by atoms with E-state index in [1.54, 1.807) is 0 Å². The van der Waals surface area contributed by atoms with Crippen molar-refractivity contribution < 1.29 is 27.9 Å². The molecule has 1 saturated carbocycles. The summed E-state index contributed by atoms with van der Waals surface area (Å²) in [5.74, 6) is -4.19. The second-order valence-electron chi connectivity index (χ2n) is 4.83. The van der Waals surface area contributed by atoms with Crippen LogP contribution in [0.1, 0.15) is 38.5 Å². The zero-order valence-corrected chi connectivity index (χ0v) is 10.5. The Morgan fingerprint density at radius 1 is 1.21 bits per heavy atom. The Morgan fingerprint density at radius 2 is 1.84 bits per heavy atom. The van der Waals surface area contributed by atoms with Gasteiger partial charge in [0.25, 0.3) is 0 Å². The van der Waals surface area contributed by atoms with Crippen LogP contribution in [0.3, 0.4) is 0 Å². The average molecular weight is 281 g/mol. The van der Waals surface area contributed by atoms with Crippen LogP contribution in [0, 0.1) is 11.8 Å². The van der Waals surface area contributed by atoms with E-state index in [0.29, 0.717) is 12.8 Å². The highest BCUT2D eigenvalue weighted by atomic mass is 19.4. The summed E-state index contributed by atoms with van der Waals surface area (Å²) in [5, 5.41) is 10.8. The number of hydrogen-bond acceptors (Lipinski definition) is 2. The van der Waals surface area contributed by atoms with Gasteiger partial charge in [0.15, 0.2) is 0 Å². The molecular formula is C12H18F3NO3. The molecule has 0 spiro atoms. The molecule has 0 aromatic heterocycles. The van der Waals surface area contributed by atoms with Crippen molar-refractivity contribution in [2.75, 3.05) is 6.54 Å². The number of carbonyl (C=O) groups is 2. The number of halogens is 3. The second-order valence-corrected chi connectivity index (χ2v) is 4.83. The van der Waals surface area contributed by atoms with Crippen molar-refractivity contribution in [2.45, 2.75) is 44.7 Å². The van der Waals surface area contributed by atoms with Crippen LogP contribution in [0.2, 0.25) is 0 Å². The lowest BCUT2D eigenvalue weighted by atomic mass is 9.78. The number of alkyl halides is 3. The molecule has 1 rings (SSSR count). The van der Waals surface area contributed by atoms with Gasteiger partial charge >= 0.3 is 12.1 Å². The molecule has 0 aromatic carbocycles. The lowest BCUT2D eigenvalue weighted by Crippen LogP contribution is -2.42. The van der Waals surface area contributed by atoms with E-state index in [1.165, 1.54) is 0 Å². The van der Waals surface area contributed by atoms with Gasteiger partial charge in [-0.15, -0.1) is 0 Å². The molecule has 0 aliphatic heterocycles. The van der Waals surface area contributed by atoms with Gasteiger partial charge in [-0.2, -0.15) is 13.2 Å². The molecule has 110 valence electrons. The van der Waals surface area contributed by atoms with Crippen molar-refractivity contribution in [3.63, 3.8) is 0 Å². The molecule has 1 amide bonds. The van der Waals surface area contributed by atoms with Crippen LogP contribution in [0.5, 0.6) is 0 Å². The van der Waals surface area contributed by atoms with Crippen LogP contribution in [0.25, 0.3) is 0 Å². The van der Waals surface area contributed by atoms with Crippen LogP contribution >= 0.6 is 0 Å². The highest BCUT2D eigenvalue weighted by Gasteiger charge is 2.47. The molecule has 1 fully saturated rings. The first-order valence-electron chi connectivity index (χ1n) is 6.38. The third-order valence-electron chi connectivity index (χ3n) is 3.39. The van der Waals surface area contributed by atoms with Gasteiger partial charge in [-0.25, -0.2) is 0 Å². The van der Waals surface area contributed by atoms with Gasteiger partial charge in [-0.3, -0.25) is 9.59 Å². The molecule has 0 bridgehead atoms. The van der Waals surface area contributed by atoms with Gasteiger partial charge in [0, 0.05) is 18.9 Å². The maximum absolute atomic E-state index is 12.8. The van der Waals surface area contributed by atoms with Crippen molar-refractivity contribution in [2.24, 2.45) is 11.8 Å². The average Bonchev–Trinajstić information content (AvgIpc) is 2.33. The van der Waals surface area contributed by atoms with E-state index >= 15 is 0 Å². The van der Waals surface area contributed by atoms with Gasteiger partial charge in [0.2, 0.25) is 5.91 Å². The van der Waals surface area contributed by atoms with E-state index in [2.05, 4.69) is 5.32 Å². The minimum absolute atomic E-state index is 0.00326. The lowest BCUT2D eigenvalue weighted by molar-refractivity contribution is -0.198. The van der Waals surface area contributed by atoms with E-state index in [-0.39, 0.29) is 32.2 Å². The molecule has 4 nitrogen and oxygen atoms in total. The molecule has 2 atom stereocenters. The zero-order chi connectivity index (χ0) is 14.5. The Balaban J connectivity index is 2.46. The Hall–Kier alpha value is -1.27. The molecule has 1 aliphatic carbocycles. The molecule has 0 unspecified atom stereocenters. The third kappa shape index (κ3) is 5.08. The molecule has 0 heterocycles. The van der Waals surface area contributed by atoms with Crippen molar-refractivity contribution in [3.05, 3.63) is 0 Å². The molecule has 0 saturated heterocycles. The van der Waals surface area contributed by atoms with Crippen LogP contribution in [0.4, 0.5) is 13.2 Å².